The summed E-state index contributed by atoms with van der Waals surface area (Å²) in [4.78, 5) is 0. The Labute approximate surface area is 83.3 Å². The molecule has 0 aliphatic rings. The first kappa shape index (κ1) is 10.4. The molecule has 1 N–H and O–H groups in total. The van der Waals surface area contributed by atoms with Gasteiger partial charge in [0.25, 0.3) is 0 Å². The first-order valence-corrected chi connectivity index (χ1v) is 4.39. The molecule has 1 rings (SSSR count). The second kappa shape index (κ2) is 4.51. The minimum atomic E-state index is -0.0250. The zero-order valence-corrected chi connectivity index (χ0v) is 8.61. The van der Waals surface area contributed by atoms with Crippen molar-refractivity contribution >= 4 is 5.82 Å². The summed E-state index contributed by atoms with van der Waals surface area (Å²) in [6.45, 7) is 2.45. The van der Waals surface area contributed by atoms with Crippen LogP contribution in [0.3, 0.4) is 0 Å². The fourth-order valence-corrected chi connectivity index (χ4v) is 1.03. The first-order valence-electron chi connectivity index (χ1n) is 4.39. The third kappa shape index (κ3) is 2.39. The van der Waals surface area contributed by atoms with Crippen LogP contribution >= 0.6 is 0 Å². The predicted octanol–water partition coefficient (Wildman–Crippen LogP) is 1.00. The van der Waals surface area contributed by atoms with Crippen LogP contribution in [-0.2, 0) is 7.05 Å². The molecule has 0 radical (unpaired) electrons. The molecule has 0 aromatic carbocycles. The van der Waals surface area contributed by atoms with Gasteiger partial charge in [0, 0.05) is 19.7 Å². The van der Waals surface area contributed by atoms with Crippen LogP contribution < -0.4 is 10.1 Å². The van der Waals surface area contributed by atoms with Gasteiger partial charge in [-0.3, -0.25) is 0 Å². The molecule has 0 spiro atoms. The van der Waals surface area contributed by atoms with Gasteiger partial charge in [0.15, 0.2) is 5.82 Å². The van der Waals surface area contributed by atoms with Gasteiger partial charge in [-0.1, -0.05) is 0 Å². The topological polar surface area (TPSA) is 62.9 Å². The first-order chi connectivity index (χ1) is 6.67. The molecule has 5 heteroatoms. The lowest BCUT2D eigenvalue weighted by molar-refractivity contribution is 0.373. The van der Waals surface area contributed by atoms with E-state index in [0.717, 1.165) is 5.82 Å². The number of aryl methyl sites for hydroxylation is 1. The van der Waals surface area contributed by atoms with Gasteiger partial charge in [0.1, 0.15) is 0 Å². The van der Waals surface area contributed by atoms with Crippen molar-refractivity contribution in [2.24, 2.45) is 13.0 Å². The van der Waals surface area contributed by atoms with Crippen LogP contribution in [0, 0.1) is 17.2 Å². The SMILES string of the molecule is COc1cc(NCC(C)C#N)nn1C. The molecule has 0 aliphatic heterocycles. The van der Waals surface area contributed by atoms with Crippen LogP contribution in [0.5, 0.6) is 5.88 Å². The number of anilines is 1. The van der Waals surface area contributed by atoms with Crippen molar-refractivity contribution in [2.45, 2.75) is 6.92 Å². The second-order valence-electron chi connectivity index (χ2n) is 3.11. The molecule has 1 atom stereocenters. The summed E-state index contributed by atoms with van der Waals surface area (Å²) >= 11 is 0. The van der Waals surface area contributed by atoms with E-state index < -0.39 is 0 Å². The van der Waals surface area contributed by atoms with Gasteiger partial charge in [-0.15, -0.1) is 0 Å². The van der Waals surface area contributed by atoms with Gasteiger partial charge in [-0.25, -0.2) is 4.68 Å². The van der Waals surface area contributed by atoms with Gasteiger partial charge in [-0.05, 0) is 6.92 Å². The van der Waals surface area contributed by atoms with Gasteiger partial charge in [0.05, 0.1) is 19.1 Å². The highest BCUT2D eigenvalue weighted by Gasteiger charge is 2.05. The van der Waals surface area contributed by atoms with Crippen LogP contribution in [0.15, 0.2) is 6.07 Å². The molecule has 5 nitrogen and oxygen atoms in total. The Morgan fingerprint density at radius 1 is 1.79 bits per heavy atom. The third-order valence-corrected chi connectivity index (χ3v) is 1.86. The summed E-state index contributed by atoms with van der Waals surface area (Å²) in [5.74, 6) is 1.39. The number of nitrogens with one attached hydrogen (secondary N) is 1. The summed E-state index contributed by atoms with van der Waals surface area (Å²) < 4.78 is 6.69. The minimum absolute atomic E-state index is 0.0250. The van der Waals surface area contributed by atoms with E-state index in [2.05, 4.69) is 16.5 Å². The Morgan fingerprint density at radius 3 is 3.00 bits per heavy atom. The zero-order chi connectivity index (χ0) is 10.6. The minimum Gasteiger partial charge on any atom is -0.481 e. The summed E-state index contributed by atoms with van der Waals surface area (Å²) in [6.07, 6.45) is 0. The molecule has 0 saturated heterocycles. The van der Waals surface area contributed by atoms with Crippen molar-refractivity contribution in [1.29, 1.82) is 5.26 Å². The Kier molecular flexibility index (Phi) is 3.35. The van der Waals surface area contributed by atoms with E-state index in [0.29, 0.717) is 12.4 Å². The molecule has 0 amide bonds. The molecule has 1 aromatic heterocycles. The van der Waals surface area contributed by atoms with E-state index in [-0.39, 0.29) is 5.92 Å². The number of hydrogen-bond acceptors (Lipinski definition) is 4. The summed E-state index contributed by atoms with van der Waals surface area (Å²) in [6, 6.07) is 3.94. The highest BCUT2D eigenvalue weighted by Crippen LogP contribution is 2.15. The molecule has 0 aliphatic carbocycles. The molecule has 1 aromatic rings. The highest BCUT2D eigenvalue weighted by molar-refractivity contribution is 5.38. The van der Waals surface area contributed by atoms with Crippen molar-refractivity contribution in [3.05, 3.63) is 6.07 Å². The Bertz CT molecular complexity index is 339. The smallest absolute Gasteiger partial charge is 0.213 e. The zero-order valence-electron chi connectivity index (χ0n) is 8.61. The van der Waals surface area contributed by atoms with Crippen molar-refractivity contribution in [1.82, 2.24) is 9.78 Å². The quantitative estimate of drug-likeness (QED) is 0.776. The van der Waals surface area contributed by atoms with Crippen molar-refractivity contribution in [2.75, 3.05) is 19.0 Å². The molecular weight excluding hydrogens is 180 g/mol. The van der Waals surface area contributed by atoms with E-state index in [1.807, 2.05) is 6.92 Å². The number of rotatable bonds is 4. The Balaban J connectivity index is 2.56. The van der Waals surface area contributed by atoms with Crippen molar-refractivity contribution in [3.8, 4) is 11.9 Å². The van der Waals surface area contributed by atoms with Gasteiger partial charge in [-0.2, -0.15) is 10.4 Å². The standard InChI is InChI=1S/C9H14N4O/c1-7(5-10)6-11-8-4-9(14-3)13(2)12-8/h4,7H,6H2,1-3H3,(H,11,12). The summed E-state index contributed by atoms with van der Waals surface area (Å²) in [7, 11) is 3.40. The fraction of sp³-hybridized carbons (Fsp3) is 0.556. The number of hydrogen-bond donors (Lipinski definition) is 1. The third-order valence-electron chi connectivity index (χ3n) is 1.86. The monoisotopic (exact) mass is 194 g/mol. The van der Waals surface area contributed by atoms with Crippen LogP contribution in [0.25, 0.3) is 0 Å². The van der Waals surface area contributed by atoms with Crippen LogP contribution in [0.2, 0.25) is 0 Å². The van der Waals surface area contributed by atoms with E-state index in [1.54, 1.807) is 24.9 Å². The lowest BCUT2D eigenvalue weighted by Crippen LogP contribution is -2.09. The molecule has 0 fully saturated rings. The highest BCUT2D eigenvalue weighted by atomic mass is 16.5. The fourth-order valence-electron chi connectivity index (χ4n) is 1.03. The van der Waals surface area contributed by atoms with Gasteiger partial charge in [0.2, 0.25) is 5.88 Å². The Hall–Kier alpha value is -1.70. The molecule has 0 bridgehead atoms. The summed E-state index contributed by atoms with van der Waals surface area (Å²) in [5, 5.41) is 15.8. The average Bonchev–Trinajstić information content (AvgIpc) is 2.55. The number of methoxy groups -OCH3 is 1. The largest absolute Gasteiger partial charge is 0.481 e. The normalized spacial score (nSPS) is 11.9. The maximum Gasteiger partial charge on any atom is 0.213 e. The molecule has 1 unspecified atom stereocenters. The lowest BCUT2D eigenvalue weighted by Gasteiger charge is -2.02. The van der Waals surface area contributed by atoms with Gasteiger partial charge < -0.3 is 10.1 Å². The lowest BCUT2D eigenvalue weighted by atomic mass is 10.2. The number of aromatic nitrogens is 2. The predicted molar refractivity (Wildman–Crippen MR) is 53.0 cm³/mol. The summed E-state index contributed by atoms with van der Waals surface area (Å²) in [5.41, 5.74) is 0. The van der Waals surface area contributed by atoms with Crippen molar-refractivity contribution < 1.29 is 4.74 Å². The average molecular weight is 194 g/mol. The van der Waals surface area contributed by atoms with E-state index in [9.17, 15) is 0 Å². The molecule has 14 heavy (non-hydrogen) atoms. The second-order valence-corrected chi connectivity index (χ2v) is 3.11. The number of nitriles is 1. The van der Waals surface area contributed by atoms with Crippen molar-refractivity contribution in [3.63, 3.8) is 0 Å². The van der Waals surface area contributed by atoms with Gasteiger partial charge >= 0.3 is 0 Å². The van der Waals surface area contributed by atoms with Crippen LogP contribution in [0.1, 0.15) is 6.92 Å². The Morgan fingerprint density at radius 2 is 2.50 bits per heavy atom. The number of nitrogens with zero attached hydrogens (tertiary/aromatic N) is 3. The maximum atomic E-state index is 8.58. The molecule has 1 heterocycles. The number of ether oxygens (including phenoxy) is 1. The van der Waals surface area contributed by atoms with Crippen LogP contribution in [-0.4, -0.2) is 23.4 Å². The van der Waals surface area contributed by atoms with E-state index in [4.69, 9.17) is 10.00 Å². The molecular formula is C9H14N4O. The van der Waals surface area contributed by atoms with E-state index >= 15 is 0 Å². The molecule has 76 valence electrons. The molecule has 0 saturated carbocycles. The van der Waals surface area contributed by atoms with Crippen LogP contribution in [0.4, 0.5) is 5.82 Å². The maximum absolute atomic E-state index is 8.58. The van der Waals surface area contributed by atoms with E-state index in [1.165, 1.54) is 0 Å².